The molecule has 1 saturated carbocycles. The van der Waals surface area contributed by atoms with Crippen molar-refractivity contribution in [3.8, 4) is 0 Å². The van der Waals surface area contributed by atoms with Crippen LogP contribution in [0.15, 0.2) is 0 Å². The lowest BCUT2D eigenvalue weighted by Gasteiger charge is -2.19. The quantitative estimate of drug-likeness (QED) is 0.621. The maximum Gasteiger partial charge on any atom is 0.339 e. The van der Waals surface area contributed by atoms with E-state index >= 15 is 0 Å². The van der Waals surface area contributed by atoms with Gasteiger partial charge in [0.05, 0.1) is 18.8 Å². The predicted molar refractivity (Wildman–Crippen MR) is 65.3 cm³/mol. The molecule has 5 nitrogen and oxygen atoms in total. The molecule has 3 N–H and O–H groups in total. The number of urea groups is 1. The highest BCUT2D eigenvalue weighted by atomic mass is 16.7. The molecule has 1 unspecified atom stereocenters. The smallest absolute Gasteiger partial charge is 0.339 e. The second-order valence-corrected chi connectivity index (χ2v) is 5.11. The van der Waals surface area contributed by atoms with Crippen molar-refractivity contribution in [1.82, 2.24) is 10.8 Å². The van der Waals surface area contributed by atoms with Crippen LogP contribution in [0, 0.1) is 5.92 Å². The van der Waals surface area contributed by atoms with Crippen LogP contribution in [0.25, 0.3) is 0 Å². The normalized spacial score (nSPS) is 18.4. The molecule has 0 spiro atoms. The lowest BCUT2D eigenvalue weighted by Crippen LogP contribution is -2.45. The average molecular weight is 244 g/mol. The molecule has 100 valence electrons. The van der Waals surface area contributed by atoms with Gasteiger partial charge in [0.2, 0.25) is 0 Å². The molecular weight excluding hydrogens is 220 g/mol. The summed E-state index contributed by atoms with van der Waals surface area (Å²) in [5, 5.41) is 11.8. The highest BCUT2D eigenvalue weighted by Gasteiger charge is 2.18. The Morgan fingerprint density at radius 2 is 2.06 bits per heavy atom. The third-order valence-electron chi connectivity index (χ3n) is 2.93. The van der Waals surface area contributed by atoms with Gasteiger partial charge in [-0.1, -0.05) is 26.7 Å². The molecular formula is C12H24N2O3. The minimum atomic E-state index is -0.364. The van der Waals surface area contributed by atoms with Crippen LogP contribution in [0.5, 0.6) is 0 Å². The summed E-state index contributed by atoms with van der Waals surface area (Å²) in [6, 6.07) is -0.571. The first-order chi connectivity index (χ1) is 8.11. The van der Waals surface area contributed by atoms with Crippen molar-refractivity contribution in [2.75, 3.05) is 6.61 Å². The summed E-state index contributed by atoms with van der Waals surface area (Å²) in [5.74, 6) is 0.434. The second kappa shape index (κ2) is 7.50. The van der Waals surface area contributed by atoms with Crippen molar-refractivity contribution in [2.45, 2.75) is 58.1 Å². The van der Waals surface area contributed by atoms with Crippen LogP contribution in [-0.4, -0.2) is 29.9 Å². The van der Waals surface area contributed by atoms with Gasteiger partial charge < -0.3 is 10.4 Å². The van der Waals surface area contributed by atoms with Gasteiger partial charge in [0.1, 0.15) is 0 Å². The third kappa shape index (κ3) is 5.89. The number of aliphatic hydroxyl groups is 1. The van der Waals surface area contributed by atoms with Gasteiger partial charge in [-0.05, 0) is 25.2 Å². The number of aliphatic hydroxyl groups excluding tert-OH is 1. The number of hydrogen-bond acceptors (Lipinski definition) is 3. The molecule has 0 aromatic heterocycles. The number of carbonyl (C=O) groups excluding carboxylic acids is 1. The molecule has 17 heavy (non-hydrogen) atoms. The summed E-state index contributed by atoms with van der Waals surface area (Å²) < 4.78 is 0. The Balaban J connectivity index is 2.17. The van der Waals surface area contributed by atoms with E-state index in [9.17, 15) is 4.79 Å². The van der Waals surface area contributed by atoms with Crippen molar-refractivity contribution in [2.24, 2.45) is 5.92 Å². The molecule has 0 heterocycles. The van der Waals surface area contributed by atoms with Crippen molar-refractivity contribution < 1.29 is 14.7 Å². The Kier molecular flexibility index (Phi) is 6.29. The largest absolute Gasteiger partial charge is 0.394 e. The lowest BCUT2D eigenvalue weighted by molar-refractivity contribution is -0.000988. The van der Waals surface area contributed by atoms with E-state index in [1.807, 2.05) is 0 Å². The Hall–Kier alpha value is -0.810. The van der Waals surface area contributed by atoms with Crippen molar-refractivity contribution in [3.05, 3.63) is 0 Å². The van der Waals surface area contributed by atoms with Crippen LogP contribution in [-0.2, 0) is 4.84 Å². The Morgan fingerprint density at radius 3 is 2.59 bits per heavy atom. The van der Waals surface area contributed by atoms with E-state index in [0.29, 0.717) is 5.92 Å². The molecule has 0 aliphatic heterocycles. The molecule has 1 fully saturated rings. The zero-order valence-electron chi connectivity index (χ0n) is 10.7. The number of hydrogen-bond donors (Lipinski definition) is 3. The minimum Gasteiger partial charge on any atom is -0.394 e. The van der Waals surface area contributed by atoms with E-state index in [-0.39, 0.29) is 24.8 Å². The summed E-state index contributed by atoms with van der Waals surface area (Å²) in [6.45, 7) is 4.06. The number of amides is 2. The van der Waals surface area contributed by atoms with E-state index in [1.54, 1.807) is 0 Å². The zero-order chi connectivity index (χ0) is 12.7. The molecule has 1 aliphatic carbocycles. The molecule has 0 aromatic carbocycles. The van der Waals surface area contributed by atoms with Crippen molar-refractivity contribution in [3.63, 3.8) is 0 Å². The van der Waals surface area contributed by atoms with E-state index in [2.05, 4.69) is 24.6 Å². The summed E-state index contributed by atoms with van der Waals surface area (Å²) in [7, 11) is 0. The highest BCUT2D eigenvalue weighted by molar-refractivity contribution is 5.73. The van der Waals surface area contributed by atoms with E-state index in [4.69, 9.17) is 9.94 Å². The van der Waals surface area contributed by atoms with Crippen LogP contribution >= 0.6 is 0 Å². The van der Waals surface area contributed by atoms with E-state index in [1.165, 1.54) is 12.8 Å². The van der Waals surface area contributed by atoms with Gasteiger partial charge in [0, 0.05) is 0 Å². The first-order valence-electron chi connectivity index (χ1n) is 6.44. The summed E-state index contributed by atoms with van der Waals surface area (Å²) in [4.78, 5) is 16.8. The molecule has 0 aromatic rings. The SMILES string of the molecule is CC(C)CC(CO)NC(=O)NOC1CCCC1. The Morgan fingerprint density at radius 1 is 1.41 bits per heavy atom. The zero-order valence-corrected chi connectivity index (χ0v) is 10.7. The lowest BCUT2D eigenvalue weighted by atomic mass is 10.0. The van der Waals surface area contributed by atoms with Gasteiger partial charge in [-0.15, -0.1) is 0 Å². The van der Waals surface area contributed by atoms with Gasteiger partial charge >= 0.3 is 6.03 Å². The number of carbonyl (C=O) groups is 1. The Bertz CT molecular complexity index is 228. The van der Waals surface area contributed by atoms with Gasteiger partial charge in [0.25, 0.3) is 0 Å². The van der Waals surface area contributed by atoms with Crippen LogP contribution < -0.4 is 10.8 Å². The number of rotatable bonds is 6. The van der Waals surface area contributed by atoms with Crippen LogP contribution in [0.3, 0.4) is 0 Å². The maximum atomic E-state index is 11.5. The Labute approximate surface area is 103 Å². The fourth-order valence-electron chi connectivity index (χ4n) is 2.11. The molecule has 0 saturated heterocycles. The van der Waals surface area contributed by atoms with Gasteiger partial charge in [-0.25, -0.2) is 10.3 Å². The number of hydroxylamine groups is 1. The average Bonchev–Trinajstić information content (AvgIpc) is 2.77. The molecule has 5 heteroatoms. The molecule has 0 bridgehead atoms. The number of nitrogens with one attached hydrogen (secondary N) is 2. The molecule has 1 aliphatic rings. The summed E-state index contributed by atoms with van der Waals surface area (Å²) in [6.07, 6.45) is 5.26. The molecule has 1 rings (SSSR count). The topological polar surface area (TPSA) is 70.6 Å². The molecule has 2 amide bonds. The van der Waals surface area contributed by atoms with Gasteiger partial charge in [0.15, 0.2) is 0 Å². The van der Waals surface area contributed by atoms with Crippen LogP contribution in [0.1, 0.15) is 46.0 Å². The monoisotopic (exact) mass is 244 g/mol. The van der Waals surface area contributed by atoms with Gasteiger partial charge in [-0.2, -0.15) is 0 Å². The second-order valence-electron chi connectivity index (χ2n) is 5.11. The minimum absolute atomic E-state index is 0.0466. The van der Waals surface area contributed by atoms with Crippen LogP contribution in [0.4, 0.5) is 4.79 Å². The van der Waals surface area contributed by atoms with E-state index in [0.717, 1.165) is 19.3 Å². The first-order valence-corrected chi connectivity index (χ1v) is 6.44. The highest BCUT2D eigenvalue weighted by Crippen LogP contribution is 2.19. The predicted octanol–water partition coefficient (Wildman–Crippen LogP) is 1.57. The van der Waals surface area contributed by atoms with E-state index < -0.39 is 0 Å². The van der Waals surface area contributed by atoms with Crippen molar-refractivity contribution >= 4 is 6.03 Å². The summed E-state index contributed by atoms with van der Waals surface area (Å²) >= 11 is 0. The fraction of sp³-hybridized carbons (Fsp3) is 0.917. The van der Waals surface area contributed by atoms with Gasteiger partial charge in [-0.3, -0.25) is 4.84 Å². The molecule has 0 radical (unpaired) electrons. The third-order valence-corrected chi connectivity index (χ3v) is 2.93. The summed E-state index contributed by atoms with van der Waals surface area (Å²) in [5.41, 5.74) is 2.40. The fourth-order valence-corrected chi connectivity index (χ4v) is 2.11. The molecule has 1 atom stereocenters. The van der Waals surface area contributed by atoms with Crippen molar-refractivity contribution in [1.29, 1.82) is 0 Å². The van der Waals surface area contributed by atoms with Crippen LogP contribution in [0.2, 0.25) is 0 Å². The maximum absolute atomic E-state index is 11.5. The standard InChI is InChI=1S/C12H24N2O3/c1-9(2)7-10(8-15)13-12(16)14-17-11-5-3-4-6-11/h9-11,15H,3-8H2,1-2H3,(H2,13,14,16). The first kappa shape index (κ1) is 14.3.